The summed E-state index contributed by atoms with van der Waals surface area (Å²) in [6.45, 7) is 1.86. The zero-order valence-corrected chi connectivity index (χ0v) is 13.5. The van der Waals surface area contributed by atoms with Gasteiger partial charge in [-0.15, -0.1) is 0 Å². The van der Waals surface area contributed by atoms with Crippen LogP contribution in [-0.4, -0.2) is 26.3 Å². The Bertz CT molecular complexity index is 720. The van der Waals surface area contributed by atoms with E-state index in [4.69, 9.17) is 0 Å². The Morgan fingerprint density at radius 3 is 2.43 bits per heavy atom. The van der Waals surface area contributed by atoms with Crippen molar-refractivity contribution in [3.63, 3.8) is 0 Å². The number of benzene rings is 1. The summed E-state index contributed by atoms with van der Waals surface area (Å²) in [5.41, 5.74) is 2.27. The van der Waals surface area contributed by atoms with Gasteiger partial charge >= 0.3 is 0 Å². The van der Waals surface area contributed by atoms with Crippen molar-refractivity contribution < 1.29 is 13.2 Å². The van der Waals surface area contributed by atoms with Gasteiger partial charge < -0.3 is 5.32 Å². The first-order valence-electron chi connectivity index (χ1n) is 6.43. The van der Waals surface area contributed by atoms with Crippen molar-refractivity contribution in [2.45, 2.75) is 13.0 Å². The molecular formula is C15H17NO3S2. The van der Waals surface area contributed by atoms with Gasteiger partial charge in [0, 0.05) is 11.6 Å². The second-order valence-corrected chi connectivity index (χ2v) is 7.93. The molecule has 1 amide bonds. The zero-order valence-electron chi connectivity index (χ0n) is 11.9. The first kappa shape index (κ1) is 15.7. The minimum absolute atomic E-state index is 0.119. The van der Waals surface area contributed by atoms with Gasteiger partial charge in [0.1, 0.15) is 9.84 Å². The highest BCUT2D eigenvalue weighted by Gasteiger charge is 2.21. The Morgan fingerprint density at radius 2 is 1.90 bits per heavy atom. The second-order valence-electron chi connectivity index (χ2n) is 5.00. The number of hydrogen-bond donors (Lipinski definition) is 1. The molecule has 0 radical (unpaired) electrons. The molecule has 21 heavy (non-hydrogen) atoms. The third-order valence-electron chi connectivity index (χ3n) is 3.08. The summed E-state index contributed by atoms with van der Waals surface area (Å²) in [7, 11) is -3.21. The van der Waals surface area contributed by atoms with Crippen LogP contribution < -0.4 is 5.32 Å². The Labute approximate surface area is 128 Å². The monoisotopic (exact) mass is 323 g/mol. The summed E-state index contributed by atoms with van der Waals surface area (Å²) in [6.07, 6.45) is 1.17. The van der Waals surface area contributed by atoms with E-state index in [0.29, 0.717) is 5.56 Å². The Balaban J connectivity index is 2.25. The highest BCUT2D eigenvalue weighted by atomic mass is 32.2. The minimum Gasteiger partial charge on any atom is -0.344 e. The molecule has 0 saturated carbocycles. The SMILES string of the molecule is Cc1cscc1C(=O)N[C@H](CS(C)(=O)=O)c1ccccc1. The summed E-state index contributed by atoms with van der Waals surface area (Å²) < 4.78 is 23.2. The van der Waals surface area contributed by atoms with E-state index < -0.39 is 15.9 Å². The van der Waals surface area contributed by atoms with Crippen LogP contribution in [-0.2, 0) is 9.84 Å². The fraction of sp³-hybridized carbons (Fsp3) is 0.267. The Morgan fingerprint density at radius 1 is 1.24 bits per heavy atom. The molecule has 0 spiro atoms. The van der Waals surface area contributed by atoms with Gasteiger partial charge in [-0.05, 0) is 23.4 Å². The predicted molar refractivity (Wildman–Crippen MR) is 85.4 cm³/mol. The van der Waals surface area contributed by atoms with E-state index in [2.05, 4.69) is 5.32 Å². The number of thiophene rings is 1. The lowest BCUT2D eigenvalue weighted by atomic mass is 10.1. The van der Waals surface area contributed by atoms with Crippen molar-refractivity contribution in [1.29, 1.82) is 0 Å². The van der Waals surface area contributed by atoms with Gasteiger partial charge in [-0.3, -0.25) is 4.79 Å². The van der Waals surface area contributed by atoms with E-state index in [1.807, 2.05) is 42.6 Å². The minimum atomic E-state index is -3.21. The third-order valence-corrected chi connectivity index (χ3v) is 4.88. The number of amides is 1. The normalized spacial score (nSPS) is 12.9. The van der Waals surface area contributed by atoms with Crippen molar-refractivity contribution >= 4 is 27.1 Å². The fourth-order valence-electron chi connectivity index (χ4n) is 2.04. The number of carbonyl (C=O) groups is 1. The molecule has 0 bridgehead atoms. The molecule has 2 aromatic rings. The van der Waals surface area contributed by atoms with Gasteiger partial charge in [0.15, 0.2) is 0 Å². The van der Waals surface area contributed by atoms with Crippen LogP contribution in [0.3, 0.4) is 0 Å². The molecule has 0 fully saturated rings. The number of sulfone groups is 1. The molecule has 0 aliphatic rings. The van der Waals surface area contributed by atoms with Gasteiger partial charge in [-0.25, -0.2) is 8.42 Å². The molecule has 0 aliphatic carbocycles. The smallest absolute Gasteiger partial charge is 0.252 e. The predicted octanol–water partition coefficient (Wildman–Crippen LogP) is 2.57. The van der Waals surface area contributed by atoms with Crippen LogP contribution in [0.5, 0.6) is 0 Å². The molecule has 2 rings (SSSR count). The van der Waals surface area contributed by atoms with Crippen molar-refractivity contribution in [1.82, 2.24) is 5.32 Å². The lowest BCUT2D eigenvalue weighted by molar-refractivity contribution is 0.0940. The summed E-state index contributed by atoms with van der Waals surface area (Å²) in [5.74, 6) is -0.363. The maximum atomic E-state index is 12.3. The average Bonchev–Trinajstić information content (AvgIpc) is 2.84. The number of rotatable bonds is 5. The quantitative estimate of drug-likeness (QED) is 0.920. The van der Waals surface area contributed by atoms with Crippen molar-refractivity contribution in [2.24, 2.45) is 0 Å². The molecule has 0 unspecified atom stereocenters. The summed E-state index contributed by atoms with van der Waals surface area (Å²) >= 11 is 1.45. The lowest BCUT2D eigenvalue weighted by Gasteiger charge is -2.18. The van der Waals surface area contributed by atoms with Crippen LogP contribution in [0.2, 0.25) is 0 Å². The molecule has 1 atom stereocenters. The van der Waals surface area contributed by atoms with Crippen LogP contribution >= 0.6 is 11.3 Å². The van der Waals surface area contributed by atoms with E-state index in [1.54, 1.807) is 5.38 Å². The van der Waals surface area contributed by atoms with E-state index in [9.17, 15) is 13.2 Å². The van der Waals surface area contributed by atoms with Crippen LogP contribution in [0.15, 0.2) is 41.1 Å². The first-order chi connectivity index (χ1) is 9.87. The Hall–Kier alpha value is -1.66. The van der Waals surface area contributed by atoms with Gasteiger partial charge in [-0.1, -0.05) is 30.3 Å². The standard InChI is InChI=1S/C15H17NO3S2/c1-11-8-20-9-13(11)15(17)16-14(10-21(2,18)19)12-6-4-3-5-7-12/h3-9,14H,10H2,1-2H3,(H,16,17)/t14-/m1/s1. The number of nitrogens with one attached hydrogen (secondary N) is 1. The van der Waals surface area contributed by atoms with E-state index in [0.717, 1.165) is 11.1 Å². The topological polar surface area (TPSA) is 63.2 Å². The maximum Gasteiger partial charge on any atom is 0.252 e. The Kier molecular flexibility index (Phi) is 4.80. The highest BCUT2D eigenvalue weighted by Crippen LogP contribution is 2.18. The van der Waals surface area contributed by atoms with E-state index in [-0.39, 0.29) is 11.7 Å². The second kappa shape index (κ2) is 6.41. The molecule has 1 aromatic heterocycles. The molecule has 0 saturated heterocycles. The van der Waals surface area contributed by atoms with Crippen molar-refractivity contribution in [3.05, 3.63) is 57.8 Å². The van der Waals surface area contributed by atoms with Crippen molar-refractivity contribution in [2.75, 3.05) is 12.0 Å². The van der Waals surface area contributed by atoms with Crippen LogP contribution in [0, 0.1) is 6.92 Å². The molecule has 6 heteroatoms. The van der Waals surface area contributed by atoms with Crippen LogP contribution in [0.1, 0.15) is 27.5 Å². The first-order valence-corrected chi connectivity index (χ1v) is 9.43. The number of aryl methyl sites for hydroxylation is 1. The molecule has 4 nitrogen and oxygen atoms in total. The largest absolute Gasteiger partial charge is 0.344 e. The van der Waals surface area contributed by atoms with Crippen LogP contribution in [0.25, 0.3) is 0 Å². The maximum absolute atomic E-state index is 12.3. The van der Waals surface area contributed by atoms with Gasteiger partial charge in [-0.2, -0.15) is 11.3 Å². The molecule has 0 aliphatic heterocycles. The highest BCUT2D eigenvalue weighted by molar-refractivity contribution is 7.90. The fourth-order valence-corrected chi connectivity index (χ4v) is 3.75. The van der Waals surface area contributed by atoms with Gasteiger partial charge in [0.2, 0.25) is 0 Å². The average molecular weight is 323 g/mol. The van der Waals surface area contributed by atoms with E-state index >= 15 is 0 Å². The third kappa shape index (κ3) is 4.41. The number of hydrogen-bond acceptors (Lipinski definition) is 4. The zero-order chi connectivity index (χ0) is 15.5. The summed E-state index contributed by atoms with van der Waals surface area (Å²) in [6, 6.07) is 8.59. The molecule has 1 aromatic carbocycles. The molecule has 1 heterocycles. The van der Waals surface area contributed by atoms with Gasteiger partial charge in [0.25, 0.3) is 5.91 Å². The van der Waals surface area contributed by atoms with E-state index in [1.165, 1.54) is 17.6 Å². The lowest BCUT2D eigenvalue weighted by Crippen LogP contribution is -2.33. The number of carbonyl (C=O) groups excluding carboxylic acids is 1. The van der Waals surface area contributed by atoms with Gasteiger partial charge in [0.05, 0.1) is 17.4 Å². The molecule has 112 valence electrons. The summed E-state index contributed by atoms with van der Waals surface area (Å²) in [5, 5.41) is 6.48. The van der Waals surface area contributed by atoms with Crippen molar-refractivity contribution in [3.8, 4) is 0 Å². The molecular weight excluding hydrogens is 306 g/mol. The summed E-state index contributed by atoms with van der Waals surface area (Å²) in [4.78, 5) is 12.3. The molecule has 1 N–H and O–H groups in total. The van der Waals surface area contributed by atoms with Crippen LogP contribution in [0.4, 0.5) is 0 Å².